The minimum absolute atomic E-state index is 0.0818. The summed E-state index contributed by atoms with van der Waals surface area (Å²) in [5.74, 6) is -5.24. The van der Waals surface area contributed by atoms with E-state index in [9.17, 15) is 37.5 Å². The number of hydrogen-bond acceptors (Lipinski definition) is 4. The van der Waals surface area contributed by atoms with E-state index in [1.54, 1.807) is 0 Å². The topological polar surface area (TPSA) is 107 Å². The summed E-state index contributed by atoms with van der Waals surface area (Å²) in [6.45, 7) is 0.825. The van der Waals surface area contributed by atoms with Gasteiger partial charge in [-0.15, -0.1) is 0 Å². The number of carbonyl (C=O) groups excluding carboxylic acids is 3. The predicted molar refractivity (Wildman–Crippen MR) is 73.6 cm³/mol. The van der Waals surface area contributed by atoms with Gasteiger partial charge in [-0.2, -0.15) is 13.2 Å². The maximum absolute atomic E-state index is 12.7. The van der Waals surface area contributed by atoms with E-state index in [4.69, 9.17) is 0 Å². The number of piperidine rings is 1. The summed E-state index contributed by atoms with van der Waals surface area (Å²) in [6, 6.07) is -2.15. The van der Waals surface area contributed by atoms with E-state index < -0.39 is 47.9 Å². The molecule has 0 radical (unpaired) electrons. The molecule has 0 spiro atoms. The number of nitrogens with one attached hydrogen (secondary N) is 1. The molecule has 3 amide bonds. The standard InChI is InChI=1S/C14H14F3N3O5/c1-5(21)18-4-7-6-2-3-19(13(25)14(15,16)17)10-8(6)20(11(10)22)9(7)12(23)24/h6,8,10H,2-4H2,1H3,(H,18,21)(H,23,24)/t6?,8-,10+/m1/s1. The second-order valence-corrected chi connectivity index (χ2v) is 6.12. The Morgan fingerprint density at radius 2 is 1.96 bits per heavy atom. The minimum atomic E-state index is -5.10. The zero-order valence-corrected chi connectivity index (χ0v) is 13.0. The van der Waals surface area contributed by atoms with Gasteiger partial charge in [0.1, 0.15) is 11.7 Å². The van der Waals surface area contributed by atoms with Crippen LogP contribution >= 0.6 is 0 Å². The average molecular weight is 361 g/mol. The Morgan fingerprint density at radius 1 is 1.32 bits per heavy atom. The lowest BCUT2D eigenvalue weighted by molar-refractivity contribution is -0.198. The molecule has 0 aliphatic carbocycles. The summed E-state index contributed by atoms with van der Waals surface area (Å²) in [6.07, 6.45) is -5.02. The number of carboxylic acid groups (broad SMARTS) is 1. The molecule has 2 saturated heterocycles. The molecule has 8 nitrogen and oxygen atoms in total. The molecule has 3 heterocycles. The first-order valence-corrected chi connectivity index (χ1v) is 7.47. The van der Waals surface area contributed by atoms with Gasteiger partial charge in [0.05, 0.1) is 6.04 Å². The SMILES string of the molecule is CC(=O)NCC1=C(C(=O)O)N2C(=O)[C@@H]3[C@H]2C1CCN3C(=O)C(F)(F)F. The summed E-state index contributed by atoms with van der Waals surface area (Å²) < 4.78 is 38.2. The van der Waals surface area contributed by atoms with Crippen LogP contribution < -0.4 is 5.32 Å². The van der Waals surface area contributed by atoms with Gasteiger partial charge in [-0.25, -0.2) is 4.79 Å². The van der Waals surface area contributed by atoms with Gasteiger partial charge in [0.15, 0.2) is 0 Å². The Hall–Kier alpha value is -2.59. The first kappa shape index (κ1) is 17.2. The van der Waals surface area contributed by atoms with Crippen LogP contribution in [0.3, 0.4) is 0 Å². The highest BCUT2D eigenvalue weighted by Gasteiger charge is 2.65. The van der Waals surface area contributed by atoms with Crippen molar-refractivity contribution in [2.45, 2.75) is 31.6 Å². The van der Waals surface area contributed by atoms with Crippen molar-refractivity contribution in [3.05, 3.63) is 11.3 Å². The van der Waals surface area contributed by atoms with Gasteiger partial charge in [-0.05, 0) is 12.0 Å². The maximum atomic E-state index is 12.7. The Labute approximate surface area is 139 Å². The van der Waals surface area contributed by atoms with Crippen LogP contribution in [-0.2, 0) is 19.2 Å². The Morgan fingerprint density at radius 3 is 2.48 bits per heavy atom. The summed E-state index contributed by atoms with van der Waals surface area (Å²) in [4.78, 5) is 47.9. The normalized spacial score (nSPS) is 27.8. The molecule has 2 fully saturated rings. The van der Waals surface area contributed by atoms with E-state index in [-0.39, 0.29) is 25.2 Å². The van der Waals surface area contributed by atoms with Gasteiger partial charge < -0.3 is 15.3 Å². The number of nitrogens with zero attached hydrogens (tertiary/aromatic N) is 2. The van der Waals surface area contributed by atoms with E-state index in [0.717, 1.165) is 4.90 Å². The summed E-state index contributed by atoms with van der Waals surface area (Å²) in [5, 5.41) is 11.8. The number of carbonyl (C=O) groups is 4. The number of hydrogen-bond donors (Lipinski definition) is 2. The first-order valence-electron chi connectivity index (χ1n) is 7.47. The number of likely N-dealkylation sites (tertiary alicyclic amines) is 1. The van der Waals surface area contributed by atoms with Gasteiger partial charge in [0.25, 0.3) is 5.91 Å². The summed E-state index contributed by atoms with van der Waals surface area (Å²) in [7, 11) is 0. The van der Waals surface area contributed by atoms with Crippen LogP contribution in [0, 0.1) is 5.92 Å². The molecule has 3 rings (SSSR count). The molecule has 1 unspecified atom stereocenters. The molecular formula is C14H14F3N3O5. The van der Waals surface area contributed by atoms with Crippen molar-refractivity contribution in [2.24, 2.45) is 5.92 Å². The fourth-order valence-electron chi connectivity index (χ4n) is 3.84. The molecule has 136 valence electrons. The van der Waals surface area contributed by atoms with E-state index in [2.05, 4.69) is 5.32 Å². The molecule has 11 heteroatoms. The quantitative estimate of drug-likeness (QED) is 0.657. The number of carboxylic acids is 1. The predicted octanol–water partition coefficient (Wildman–Crippen LogP) is -0.535. The van der Waals surface area contributed by atoms with Crippen molar-refractivity contribution >= 4 is 23.7 Å². The molecule has 3 atom stereocenters. The summed E-state index contributed by atoms with van der Waals surface area (Å²) >= 11 is 0. The number of rotatable bonds is 3. The molecule has 3 aliphatic rings. The highest BCUT2D eigenvalue weighted by atomic mass is 19.4. The Kier molecular flexibility index (Phi) is 3.77. The highest BCUT2D eigenvalue weighted by Crippen LogP contribution is 2.49. The smallest absolute Gasteiger partial charge is 0.471 e. The Bertz CT molecular complexity index is 717. The van der Waals surface area contributed by atoms with Gasteiger partial charge in [-0.1, -0.05) is 0 Å². The monoisotopic (exact) mass is 361 g/mol. The van der Waals surface area contributed by atoms with Crippen molar-refractivity contribution in [3.8, 4) is 0 Å². The third kappa shape index (κ3) is 2.45. The van der Waals surface area contributed by atoms with Gasteiger partial charge in [0.2, 0.25) is 5.91 Å². The van der Waals surface area contributed by atoms with Crippen LogP contribution in [0.15, 0.2) is 11.3 Å². The lowest BCUT2D eigenvalue weighted by atomic mass is 9.78. The zero-order chi connectivity index (χ0) is 18.7. The third-order valence-electron chi connectivity index (χ3n) is 4.77. The van der Waals surface area contributed by atoms with E-state index >= 15 is 0 Å². The van der Waals surface area contributed by atoms with Crippen molar-refractivity contribution in [3.63, 3.8) is 0 Å². The largest absolute Gasteiger partial charge is 0.477 e. The van der Waals surface area contributed by atoms with Gasteiger partial charge in [0, 0.05) is 25.9 Å². The van der Waals surface area contributed by atoms with Crippen molar-refractivity contribution in [1.82, 2.24) is 15.1 Å². The zero-order valence-electron chi connectivity index (χ0n) is 13.0. The number of β-lactam (4-membered cyclic amide) rings is 1. The molecule has 3 aliphatic heterocycles. The van der Waals surface area contributed by atoms with Crippen molar-refractivity contribution in [1.29, 1.82) is 0 Å². The maximum Gasteiger partial charge on any atom is 0.471 e. The Balaban J connectivity index is 1.92. The molecule has 0 saturated carbocycles. The van der Waals surface area contributed by atoms with Crippen LogP contribution in [0.5, 0.6) is 0 Å². The van der Waals surface area contributed by atoms with Crippen LogP contribution in [0.1, 0.15) is 13.3 Å². The van der Waals surface area contributed by atoms with Crippen molar-refractivity contribution < 1.29 is 37.5 Å². The highest BCUT2D eigenvalue weighted by molar-refractivity contribution is 6.03. The van der Waals surface area contributed by atoms with Gasteiger partial charge >= 0.3 is 18.1 Å². The number of amides is 3. The third-order valence-corrected chi connectivity index (χ3v) is 4.77. The van der Waals surface area contributed by atoms with E-state index in [1.807, 2.05) is 0 Å². The molecule has 25 heavy (non-hydrogen) atoms. The average Bonchev–Trinajstić information content (AvgIpc) is 2.82. The second-order valence-electron chi connectivity index (χ2n) is 6.12. The van der Waals surface area contributed by atoms with E-state index in [1.165, 1.54) is 6.92 Å². The molecular weight excluding hydrogens is 347 g/mol. The number of aliphatic carboxylic acids is 1. The fourth-order valence-corrected chi connectivity index (χ4v) is 3.84. The molecule has 0 aromatic heterocycles. The second kappa shape index (κ2) is 5.46. The minimum Gasteiger partial charge on any atom is -0.477 e. The molecule has 2 N–H and O–H groups in total. The lowest BCUT2D eigenvalue weighted by Gasteiger charge is -2.53. The number of halogens is 3. The molecule has 0 aromatic carbocycles. The van der Waals surface area contributed by atoms with Crippen LogP contribution in [0.2, 0.25) is 0 Å². The van der Waals surface area contributed by atoms with Crippen molar-refractivity contribution in [2.75, 3.05) is 13.1 Å². The van der Waals surface area contributed by atoms with Crippen LogP contribution in [0.25, 0.3) is 0 Å². The first-order chi connectivity index (χ1) is 11.6. The lowest BCUT2D eigenvalue weighted by Crippen LogP contribution is -2.74. The fraction of sp³-hybridized carbons (Fsp3) is 0.571. The van der Waals surface area contributed by atoms with Crippen LogP contribution in [-0.4, -0.2) is 69.9 Å². The molecule has 0 aromatic rings. The number of alkyl halides is 3. The molecule has 0 bridgehead atoms. The van der Waals surface area contributed by atoms with Gasteiger partial charge in [-0.3, -0.25) is 19.3 Å². The van der Waals surface area contributed by atoms with Crippen LogP contribution in [0.4, 0.5) is 13.2 Å². The van der Waals surface area contributed by atoms with E-state index in [0.29, 0.717) is 10.5 Å². The summed E-state index contributed by atoms with van der Waals surface area (Å²) in [5.41, 5.74) is -0.0195.